The molecule has 90 valence electrons. The van der Waals surface area contributed by atoms with Gasteiger partial charge in [0.05, 0.1) is 11.5 Å². The first-order valence-corrected chi connectivity index (χ1v) is 6.97. The second-order valence-electron chi connectivity index (χ2n) is 3.08. The molecular weight excluding hydrogens is 262 g/mol. The van der Waals surface area contributed by atoms with Crippen LogP contribution in [0.3, 0.4) is 0 Å². The van der Waals surface area contributed by atoms with Crippen molar-refractivity contribution in [3.8, 4) is 0 Å². The Balaban J connectivity index is 2.32. The highest BCUT2D eigenvalue weighted by atomic mass is 32.2. The summed E-state index contributed by atoms with van der Waals surface area (Å²) in [7, 11) is -3.71. The zero-order valence-electron chi connectivity index (χ0n) is 8.57. The van der Waals surface area contributed by atoms with Crippen LogP contribution in [0, 0.1) is 0 Å². The van der Waals surface area contributed by atoms with Crippen LogP contribution in [0.2, 0.25) is 0 Å². The Kier molecular flexibility index (Phi) is 3.36. The van der Waals surface area contributed by atoms with Crippen molar-refractivity contribution >= 4 is 27.2 Å². The molecule has 2 rings (SSSR count). The highest BCUT2D eigenvalue weighted by molar-refractivity contribution is 7.92. The molecule has 0 fully saturated rings. The van der Waals surface area contributed by atoms with E-state index in [2.05, 4.69) is 14.9 Å². The van der Waals surface area contributed by atoms with E-state index in [0.29, 0.717) is 4.88 Å². The van der Waals surface area contributed by atoms with Crippen molar-refractivity contribution in [1.82, 2.24) is 10.2 Å². The van der Waals surface area contributed by atoms with Crippen molar-refractivity contribution in [2.24, 2.45) is 0 Å². The molecule has 8 heteroatoms. The SMILES string of the molecule is O=S(=O)(Nc1cccnn1)c1ccsc1CO. The van der Waals surface area contributed by atoms with E-state index in [4.69, 9.17) is 5.11 Å². The van der Waals surface area contributed by atoms with Crippen LogP contribution in [0.25, 0.3) is 0 Å². The summed E-state index contributed by atoms with van der Waals surface area (Å²) in [5.41, 5.74) is 0. The lowest BCUT2D eigenvalue weighted by Crippen LogP contribution is -2.14. The molecule has 0 saturated carbocycles. The number of nitrogens with one attached hydrogen (secondary N) is 1. The largest absolute Gasteiger partial charge is 0.391 e. The number of sulfonamides is 1. The first kappa shape index (κ1) is 12.0. The lowest BCUT2D eigenvalue weighted by Gasteiger charge is -2.06. The van der Waals surface area contributed by atoms with Crippen LogP contribution in [0.15, 0.2) is 34.7 Å². The molecule has 6 nitrogen and oxygen atoms in total. The summed E-state index contributed by atoms with van der Waals surface area (Å²) in [4.78, 5) is 0.456. The standard InChI is InChI=1S/C9H9N3O3S2/c13-6-7-8(3-5-16-7)17(14,15)12-9-2-1-4-10-11-9/h1-5,13H,6H2,(H,11,12). The Morgan fingerprint density at radius 3 is 2.88 bits per heavy atom. The number of aliphatic hydroxyl groups excluding tert-OH is 1. The smallest absolute Gasteiger partial charge is 0.264 e. The van der Waals surface area contributed by atoms with Gasteiger partial charge in [-0.1, -0.05) is 0 Å². The molecule has 0 radical (unpaired) electrons. The van der Waals surface area contributed by atoms with Crippen LogP contribution in [-0.2, 0) is 16.6 Å². The van der Waals surface area contributed by atoms with Crippen LogP contribution in [0.4, 0.5) is 5.82 Å². The van der Waals surface area contributed by atoms with Gasteiger partial charge in [-0.05, 0) is 23.6 Å². The van der Waals surface area contributed by atoms with Crippen LogP contribution in [0.1, 0.15) is 4.88 Å². The Bertz CT molecular complexity index is 595. The van der Waals surface area contributed by atoms with Gasteiger partial charge in [0.15, 0.2) is 5.82 Å². The predicted molar refractivity (Wildman–Crippen MR) is 63.1 cm³/mol. The topological polar surface area (TPSA) is 92.2 Å². The van der Waals surface area contributed by atoms with Gasteiger partial charge in [0.1, 0.15) is 4.90 Å². The number of hydrogen-bond acceptors (Lipinski definition) is 6. The van der Waals surface area contributed by atoms with Gasteiger partial charge >= 0.3 is 0 Å². The van der Waals surface area contributed by atoms with Crippen LogP contribution < -0.4 is 4.72 Å². The van der Waals surface area contributed by atoms with Gasteiger partial charge in [-0.2, -0.15) is 5.10 Å². The zero-order valence-corrected chi connectivity index (χ0v) is 10.2. The first-order valence-electron chi connectivity index (χ1n) is 4.61. The normalized spacial score (nSPS) is 11.4. The summed E-state index contributed by atoms with van der Waals surface area (Å²) in [6.07, 6.45) is 1.45. The zero-order chi connectivity index (χ0) is 12.3. The highest BCUT2D eigenvalue weighted by Gasteiger charge is 2.19. The van der Waals surface area contributed by atoms with Crippen molar-refractivity contribution in [2.45, 2.75) is 11.5 Å². The second kappa shape index (κ2) is 4.78. The van der Waals surface area contributed by atoms with E-state index in [-0.39, 0.29) is 17.3 Å². The average molecular weight is 271 g/mol. The van der Waals surface area contributed by atoms with Crippen LogP contribution in [-0.4, -0.2) is 23.7 Å². The van der Waals surface area contributed by atoms with Gasteiger partial charge < -0.3 is 5.11 Å². The fraction of sp³-hybridized carbons (Fsp3) is 0.111. The van der Waals surface area contributed by atoms with E-state index in [0.717, 1.165) is 0 Å². The number of hydrogen-bond donors (Lipinski definition) is 2. The number of nitrogens with zero attached hydrogens (tertiary/aromatic N) is 2. The maximum absolute atomic E-state index is 12.0. The van der Waals surface area contributed by atoms with Crippen molar-refractivity contribution in [3.63, 3.8) is 0 Å². The molecule has 0 aliphatic carbocycles. The molecule has 2 aromatic heterocycles. The molecule has 17 heavy (non-hydrogen) atoms. The summed E-state index contributed by atoms with van der Waals surface area (Å²) in [5, 5.41) is 17.8. The summed E-state index contributed by atoms with van der Waals surface area (Å²) in [6.45, 7) is -0.311. The molecule has 0 atom stereocenters. The molecule has 0 aliphatic heterocycles. The molecule has 0 bridgehead atoms. The van der Waals surface area contributed by atoms with Crippen molar-refractivity contribution in [2.75, 3.05) is 4.72 Å². The Morgan fingerprint density at radius 1 is 1.41 bits per heavy atom. The molecule has 0 aromatic carbocycles. The maximum Gasteiger partial charge on any atom is 0.264 e. The maximum atomic E-state index is 12.0. The molecular formula is C9H9N3O3S2. The number of rotatable bonds is 4. The quantitative estimate of drug-likeness (QED) is 0.859. The molecule has 0 aliphatic rings. The molecule has 0 amide bonds. The van der Waals surface area contributed by atoms with E-state index in [9.17, 15) is 8.42 Å². The summed E-state index contributed by atoms with van der Waals surface area (Å²) in [6, 6.07) is 4.51. The van der Waals surface area contributed by atoms with Gasteiger partial charge in [-0.15, -0.1) is 16.4 Å². The Hall–Kier alpha value is -1.51. The van der Waals surface area contributed by atoms with Gasteiger partial charge in [0, 0.05) is 6.20 Å². The van der Waals surface area contributed by atoms with Gasteiger partial charge in [0.2, 0.25) is 0 Å². The summed E-state index contributed by atoms with van der Waals surface area (Å²) < 4.78 is 26.2. The minimum Gasteiger partial charge on any atom is -0.391 e. The number of thiophene rings is 1. The molecule has 0 saturated heterocycles. The Labute approximate surface area is 102 Å². The monoisotopic (exact) mass is 271 g/mol. The number of aliphatic hydroxyl groups is 1. The van der Waals surface area contributed by atoms with E-state index >= 15 is 0 Å². The molecule has 0 unspecified atom stereocenters. The van der Waals surface area contributed by atoms with Gasteiger partial charge in [0.25, 0.3) is 10.0 Å². The van der Waals surface area contributed by atoms with Crippen LogP contribution in [0.5, 0.6) is 0 Å². The van der Waals surface area contributed by atoms with Crippen molar-refractivity contribution in [3.05, 3.63) is 34.7 Å². The van der Waals surface area contributed by atoms with E-state index in [1.807, 2.05) is 0 Å². The lowest BCUT2D eigenvalue weighted by atomic mass is 10.5. The third-order valence-corrected chi connectivity index (χ3v) is 4.42. The van der Waals surface area contributed by atoms with Gasteiger partial charge in [-0.25, -0.2) is 8.42 Å². The fourth-order valence-corrected chi connectivity index (χ4v) is 3.52. The fourth-order valence-electron chi connectivity index (χ4n) is 1.23. The second-order valence-corrected chi connectivity index (χ2v) is 5.73. The van der Waals surface area contributed by atoms with E-state index < -0.39 is 10.0 Å². The van der Waals surface area contributed by atoms with Crippen molar-refractivity contribution < 1.29 is 13.5 Å². The third-order valence-electron chi connectivity index (χ3n) is 1.95. The number of aromatic nitrogens is 2. The molecule has 2 aromatic rings. The lowest BCUT2D eigenvalue weighted by molar-refractivity contribution is 0.282. The number of anilines is 1. The Morgan fingerprint density at radius 2 is 2.24 bits per heavy atom. The highest BCUT2D eigenvalue weighted by Crippen LogP contribution is 2.23. The van der Waals surface area contributed by atoms with E-state index in [1.165, 1.54) is 29.7 Å². The van der Waals surface area contributed by atoms with Gasteiger partial charge in [-0.3, -0.25) is 4.72 Å². The third kappa shape index (κ3) is 2.60. The van der Waals surface area contributed by atoms with Crippen LogP contribution >= 0.6 is 11.3 Å². The first-order chi connectivity index (χ1) is 8.13. The van der Waals surface area contributed by atoms with E-state index in [1.54, 1.807) is 11.4 Å². The minimum atomic E-state index is -3.71. The predicted octanol–water partition coefficient (Wildman–Crippen LogP) is 0.831. The minimum absolute atomic E-state index is 0.0654. The van der Waals surface area contributed by atoms with Crippen molar-refractivity contribution in [1.29, 1.82) is 0 Å². The average Bonchev–Trinajstić information content (AvgIpc) is 2.78. The summed E-state index contributed by atoms with van der Waals surface area (Å²) in [5.74, 6) is 0.141. The molecule has 0 spiro atoms. The summed E-state index contributed by atoms with van der Waals surface area (Å²) >= 11 is 1.18. The molecule has 2 heterocycles. The molecule has 2 N–H and O–H groups in total.